The molecule has 114 valence electrons. The number of carbonyl (C=O) groups is 1. The van der Waals surface area contributed by atoms with Gasteiger partial charge in [-0.3, -0.25) is 4.79 Å². The second kappa shape index (κ2) is 5.34. The van der Waals surface area contributed by atoms with Gasteiger partial charge in [0.25, 0.3) is 0 Å². The van der Waals surface area contributed by atoms with Crippen LogP contribution in [0.15, 0.2) is 24.3 Å². The summed E-state index contributed by atoms with van der Waals surface area (Å²) in [4.78, 5) is 14.8. The van der Waals surface area contributed by atoms with E-state index in [1.807, 2.05) is 36.1 Å². The molecule has 3 atom stereocenters. The molecule has 4 heteroatoms. The predicted molar refractivity (Wildman–Crippen MR) is 83.3 cm³/mol. The number of likely N-dealkylation sites (tertiary alicyclic amines) is 1. The zero-order valence-electron chi connectivity index (χ0n) is 12.8. The highest BCUT2D eigenvalue weighted by Gasteiger charge is 2.37. The van der Waals surface area contributed by atoms with Crippen molar-refractivity contribution in [2.75, 3.05) is 18.4 Å². The van der Waals surface area contributed by atoms with Crippen molar-refractivity contribution in [1.29, 1.82) is 0 Å². The highest BCUT2D eigenvalue weighted by molar-refractivity contribution is 5.86. The van der Waals surface area contributed by atoms with Crippen LogP contribution < -0.4 is 5.32 Å². The number of nitrogens with one attached hydrogen (secondary N) is 1. The molecule has 2 N–H and O–H groups in total. The summed E-state index contributed by atoms with van der Waals surface area (Å²) in [6, 6.07) is 8.36. The summed E-state index contributed by atoms with van der Waals surface area (Å²) >= 11 is 0. The standard InChI is InChI=1S/C17H24N2O2/c1-12-10-14(13-6-3-4-7-15(13)18-12)16(20)19-9-5-8-17(2,21)11-19/h3-4,6-7,12,14,18,21H,5,8-11H2,1-2H3. The Hall–Kier alpha value is -1.55. The van der Waals surface area contributed by atoms with Gasteiger partial charge in [-0.1, -0.05) is 18.2 Å². The topological polar surface area (TPSA) is 52.6 Å². The number of hydrogen-bond acceptors (Lipinski definition) is 3. The lowest BCUT2D eigenvalue weighted by atomic mass is 9.85. The molecule has 0 aliphatic carbocycles. The minimum Gasteiger partial charge on any atom is -0.388 e. The lowest BCUT2D eigenvalue weighted by molar-refractivity contribution is -0.139. The molecule has 21 heavy (non-hydrogen) atoms. The number of benzene rings is 1. The van der Waals surface area contributed by atoms with Gasteiger partial charge in [0.2, 0.25) is 5.91 Å². The molecule has 3 unspecified atom stereocenters. The average molecular weight is 288 g/mol. The van der Waals surface area contributed by atoms with Crippen LogP contribution >= 0.6 is 0 Å². The Labute approximate surface area is 126 Å². The first-order valence-corrected chi connectivity index (χ1v) is 7.83. The Bertz CT molecular complexity index is 541. The lowest BCUT2D eigenvalue weighted by Gasteiger charge is -2.40. The molecule has 1 aromatic rings. The van der Waals surface area contributed by atoms with E-state index in [1.54, 1.807) is 0 Å². The van der Waals surface area contributed by atoms with Crippen LogP contribution in [0.25, 0.3) is 0 Å². The number of piperidine rings is 1. The minimum absolute atomic E-state index is 0.0913. The van der Waals surface area contributed by atoms with Crippen LogP contribution in [0.4, 0.5) is 5.69 Å². The Morgan fingerprint density at radius 1 is 1.43 bits per heavy atom. The SMILES string of the molecule is CC1CC(C(=O)N2CCCC(C)(O)C2)c2ccccc2N1. The van der Waals surface area contributed by atoms with Crippen molar-refractivity contribution in [3.63, 3.8) is 0 Å². The van der Waals surface area contributed by atoms with Gasteiger partial charge in [0.05, 0.1) is 11.5 Å². The average Bonchev–Trinajstić information content (AvgIpc) is 2.44. The fourth-order valence-corrected chi connectivity index (χ4v) is 3.60. The summed E-state index contributed by atoms with van der Waals surface area (Å²) in [6.07, 6.45) is 2.46. The van der Waals surface area contributed by atoms with Crippen molar-refractivity contribution in [2.45, 2.75) is 50.7 Å². The first-order valence-electron chi connectivity index (χ1n) is 7.83. The molecule has 0 bridgehead atoms. The van der Waals surface area contributed by atoms with E-state index < -0.39 is 5.60 Å². The molecule has 1 aromatic carbocycles. The molecule has 0 saturated carbocycles. The summed E-state index contributed by atoms with van der Waals surface area (Å²) in [5.74, 6) is 0.0714. The third-order valence-electron chi connectivity index (χ3n) is 4.61. The van der Waals surface area contributed by atoms with Gasteiger partial charge in [-0.15, -0.1) is 0 Å². The van der Waals surface area contributed by atoms with Crippen molar-refractivity contribution in [3.05, 3.63) is 29.8 Å². The Morgan fingerprint density at radius 3 is 2.95 bits per heavy atom. The molecule has 0 radical (unpaired) electrons. The van der Waals surface area contributed by atoms with Gasteiger partial charge in [-0.05, 0) is 44.7 Å². The summed E-state index contributed by atoms with van der Waals surface area (Å²) in [5.41, 5.74) is 1.41. The smallest absolute Gasteiger partial charge is 0.230 e. The summed E-state index contributed by atoms with van der Waals surface area (Å²) in [6.45, 7) is 5.15. The molecule has 3 rings (SSSR count). The quantitative estimate of drug-likeness (QED) is 0.834. The first-order chi connectivity index (χ1) is 9.96. The van der Waals surface area contributed by atoms with Crippen LogP contribution in [0.3, 0.4) is 0 Å². The number of aliphatic hydroxyl groups is 1. The van der Waals surface area contributed by atoms with Gasteiger partial charge >= 0.3 is 0 Å². The van der Waals surface area contributed by atoms with Crippen molar-refractivity contribution in [1.82, 2.24) is 4.90 Å². The van der Waals surface area contributed by atoms with E-state index in [-0.39, 0.29) is 11.8 Å². The van der Waals surface area contributed by atoms with Gasteiger partial charge < -0.3 is 15.3 Å². The van der Waals surface area contributed by atoms with Gasteiger partial charge in [-0.2, -0.15) is 0 Å². The van der Waals surface area contributed by atoms with E-state index in [9.17, 15) is 9.90 Å². The van der Waals surface area contributed by atoms with E-state index >= 15 is 0 Å². The third kappa shape index (κ3) is 2.91. The second-order valence-electron chi connectivity index (χ2n) is 6.78. The van der Waals surface area contributed by atoms with E-state index in [0.29, 0.717) is 12.6 Å². The van der Waals surface area contributed by atoms with Gasteiger partial charge in [-0.25, -0.2) is 0 Å². The van der Waals surface area contributed by atoms with E-state index in [0.717, 1.165) is 37.1 Å². The molecule has 2 aliphatic heterocycles. The molecule has 1 fully saturated rings. The largest absolute Gasteiger partial charge is 0.388 e. The van der Waals surface area contributed by atoms with Crippen LogP contribution in [-0.2, 0) is 4.79 Å². The highest BCUT2D eigenvalue weighted by atomic mass is 16.3. The maximum Gasteiger partial charge on any atom is 0.230 e. The molecule has 2 aliphatic rings. The molecular weight excluding hydrogens is 264 g/mol. The molecule has 2 heterocycles. The number of nitrogens with zero attached hydrogens (tertiary/aromatic N) is 1. The second-order valence-corrected chi connectivity index (χ2v) is 6.78. The summed E-state index contributed by atoms with van der Waals surface area (Å²) < 4.78 is 0. The molecular formula is C17H24N2O2. The van der Waals surface area contributed by atoms with E-state index in [4.69, 9.17) is 0 Å². The number of anilines is 1. The molecule has 0 aromatic heterocycles. The van der Waals surface area contributed by atoms with Crippen LogP contribution in [0.2, 0.25) is 0 Å². The predicted octanol–water partition coefficient (Wildman–Crippen LogP) is 2.35. The number of rotatable bonds is 1. The number of fused-ring (bicyclic) bond motifs is 1. The van der Waals surface area contributed by atoms with Crippen molar-refractivity contribution in [3.8, 4) is 0 Å². The monoisotopic (exact) mass is 288 g/mol. The highest BCUT2D eigenvalue weighted by Crippen LogP contribution is 2.36. The van der Waals surface area contributed by atoms with Crippen LogP contribution in [-0.4, -0.2) is 40.6 Å². The number of amides is 1. The zero-order valence-corrected chi connectivity index (χ0v) is 12.8. The van der Waals surface area contributed by atoms with Gasteiger partial charge in [0.1, 0.15) is 0 Å². The molecule has 1 saturated heterocycles. The van der Waals surface area contributed by atoms with Gasteiger partial charge in [0, 0.05) is 24.8 Å². The van der Waals surface area contributed by atoms with Crippen molar-refractivity contribution >= 4 is 11.6 Å². The Morgan fingerprint density at radius 2 is 2.19 bits per heavy atom. The lowest BCUT2D eigenvalue weighted by Crippen LogP contribution is -2.50. The fraction of sp³-hybridized carbons (Fsp3) is 0.588. The van der Waals surface area contributed by atoms with Crippen LogP contribution in [0, 0.1) is 0 Å². The van der Waals surface area contributed by atoms with Crippen LogP contribution in [0.1, 0.15) is 44.6 Å². The Kier molecular flexibility index (Phi) is 3.66. The number of β-amino-alcohol motifs (C(OH)–C–C–N with tert-alkyl or cyclic N) is 1. The summed E-state index contributed by atoms with van der Waals surface area (Å²) in [7, 11) is 0. The Balaban J connectivity index is 1.85. The molecule has 0 spiro atoms. The fourth-order valence-electron chi connectivity index (χ4n) is 3.60. The molecule has 1 amide bonds. The van der Waals surface area contributed by atoms with Crippen molar-refractivity contribution < 1.29 is 9.90 Å². The van der Waals surface area contributed by atoms with E-state index in [1.165, 1.54) is 0 Å². The van der Waals surface area contributed by atoms with E-state index in [2.05, 4.69) is 12.2 Å². The number of carbonyl (C=O) groups excluding carboxylic acids is 1. The summed E-state index contributed by atoms with van der Waals surface area (Å²) in [5, 5.41) is 13.7. The van der Waals surface area contributed by atoms with Gasteiger partial charge in [0.15, 0.2) is 0 Å². The van der Waals surface area contributed by atoms with Crippen LogP contribution in [0.5, 0.6) is 0 Å². The number of para-hydroxylation sites is 1. The van der Waals surface area contributed by atoms with Crippen molar-refractivity contribution in [2.24, 2.45) is 0 Å². The minimum atomic E-state index is -0.744. The number of hydrogen-bond donors (Lipinski definition) is 2. The first kappa shape index (κ1) is 14.4. The maximum absolute atomic E-state index is 12.9. The zero-order chi connectivity index (χ0) is 15.0. The maximum atomic E-state index is 12.9. The third-order valence-corrected chi connectivity index (χ3v) is 4.61. The molecule has 4 nitrogen and oxygen atoms in total. The normalized spacial score (nSPS) is 32.2.